The lowest BCUT2D eigenvalue weighted by Gasteiger charge is -2.26. The van der Waals surface area contributed by atoms with Gasteiger partial charge in [-0.25, -0.2) is 4.57 Å². The molecule has 4 N–H and O–H groups in total. The molecule has 0 saturated heterocycles. The highest BCUT2D eigenvalue weighted by molar-refractivity contribution is 7.46. The highest BCUT2D eigenvalue weighted by atomic mass is 31.2. The van der Waals surface area contributed by atoms with Crippen LogP contribution in [0.25, 0.3) is 0 Å². The molecule has 0 spiro atoms. The lowest BCUT2D eigenvalue weighted by atomic mass is 9.78. The van der Waals surface area contributed by atoms with Crippen molar-refractivity contribution in [2.45, 2.75) is 19.3 Å². The molecule has 6 nitrogen and oxygen atoms in total. The summed E-state index contributed by atoms with van der Waals surface area (Å²) in [6.45, 7) is 4.23. The van der Waals surface area contributed by atoms with Gasteiger partial charge in [0.1, 0.15) is 17.2 Å². The molecular formula is C21H23O6P. The largest absolute Gasteiger partial charge is 0.524 e. The molecule has 0 aromatic heterocycles. The maximum Gasteiger partial charge on any atom is 0.524 e. The number of benzene rings is 3. The first-order chi connectivity index (χ1) is 13.1. The van der Waals surface area contributed by atoms with Gasteiger partial charge in [0.15, 0.2) is 0 Å². The number of rotatable bonds is 4. The standard InChI is InChI=1S/C15H16O2.C6H7O4P/c1-15(2,11-3-7-13(16)8-4-11)12-5-9-14(17)10-6-12;7-11(8,9)10-6-4-2-1-3-5-6/h3-10,16-17H,1-2H3;1-5H,(H2,7,8,9). The molecule has 148 valence electrons. The fraction of sp³-hybridized carbons (Fsp3) is 0.143. The zero-order chi connectivity index (χ0) is 20.8. The Morgan fingerprint density at radius 2 is 1.11 bits per heavy atom. The van der Waals surface area contributed by atoms with Crippen LogP contribution in [0.15, 0.2) is 78.9 Å². The SMILES string of the molecule is CC(C)(c1ccc(O)cc1)c1ccc(O)cc1.O=P(O)(O)Oc1ccccc1. The topological polar surface area (TPSA) is 107 Å². The van der Waals surface area contributed by atoms with E-state index in [1.165, 1.54) is 12.1 Å². The van der Waals surface area contributed by atoms with Crippen LogP contribution in [0, 0.1) is 0 Å². The molecule has 0 heterocycles. The second kappa shape index (κ2) is 8.93. The van der Waals surface area contributed by atoms with Crippen LogP contribution in [0.3, 0.4) is 0 Å². The molecule has 28 heavy (non-hydrogen) atoms. The average Bonchev–Trinajstić information content (AvgIpc) is 2.62. The summed E-state index contributed by atoms with van der Waals surface area (Å²) in [6, 6.07) is 22.4. The second-order valence-corrected chi connectivity index (χ2v) is 7.78. The van der Waals surface area contributed by atoms with E-state index in [2.05, 4.69) is 18.4 Å². The Hall–Kier alpha value is -2.79. The van der Waals surface area contributed by atoms with Gasteiger partial charge in [0, 0.05) is 5.41 Å². The number of phenols is 2. The van der Waals surface area contributed by atoms with Crippen LogP contribution in [-0.4, -0.2) is 20.0 Å². The first-order valence-corrected chi connectivity index (χ1v) is 10.0. The van der Waals surface area contributed by atoms with Crippen LogP contribution in [0.1, 0.15) is 25.0 Å². The van der Waals surface area contributed by atoms with E-state index in [9.17, 15) is 14.8 Å². The molecular weight excluding hydrogens is 379 g/mol. The van der Waals surface area contributed by atoms with Gasteiger partial charge in [0.25, 0.3) is 0 Å². The van der Waals surface area contributed by atoms with Gasteiger partial charge in [-0.05, 0) is 47.5 Å². The van der Waals surface area contributed by atoms with E-state index in [0.717, 1.165) is 11.1 Å². The molecule has 7 heteroatoms. The minimum absolute atomic E-state index is 0.151. The number of para-hydroxylation sites is 1. The van der Waals surface area contributed by atoms with E-state index in [1.54, 1.807) is 42.5 Å². The third-order valence-electron chi connectivity index (χ3n) is 4.15. The van der Waals surface area contributed by atoms with Gasteiger partial charge >= 0.3 is 7.82 Å². The van der Waals surface area contributed by atoms with Gasteiger partial charge in [0.05, 0.1) is 0 Å². The molecule has 0 aliphatic carbocycles. The quantitative estimate of drug-likeness (QED) is 0.476. The summed E-state index contributed by atoms with van der Waals surface area (Å²) in [7, 11) is -4.39. The molecule has 0 amide bonds. The normalized spacial score (nSPS) is 11.3. The van der Waals surface area contributed by atoms with Crippen molar-refractivity contribution in [2.75, 3.05) is 0 Å². The molecule has 3 rings (SSSR count). The summed E-state index contributed by atoms with van der Waals surface area (Å²) in [6.07, 6.45) is 0. The Morgan fingerprint density at radius 3 is 1.46 bits per heavy atom. The highest BCUT2D eigenvalue weighted by Crippen LogP contribution is 2.37. The van der Waals surface area contributed by atoms with Crippen LogP contribution >= 0.6 is 7.82 Å². The third kappa shape index (κ3) is 6.43. The van der Waals surface area contributed by atoms with Gasteiger partial charge in [-0.2, -0.15) is 0 Å². The number of hydrogen-bond acceptors (Lipinski definition) is 4. The molecule has 3 aromatic rings. The van der Waals surface area contributed by atoms with Crippen molar-refractivity contribution < 1.29 is 29.1 Å². The lowest BCUT2D eigenvalue weighted by molar-refractivity contribution is 0.283. The van der Waals surface area contributed by atoms with Crippen LogP contribution in [0.2, 0.25) is 0 Å². The van der Waals surface area contributed by atoms with Crippen molar-refractivity contribution in [2.24, 2.45) is 0 Å². The minimum Gasteiger partial charge on any atom is -0.508 e. The summed E-state index contributed by atoms with van der Waals surface area (Å²) >= 11 is 0. The van der Waals surface area contributed by atoms with E-state index in [4.69, 9.17) is 9.79 Å². The Morgan fingerprint density at radius 1 is 0.714 bits per heavy atom. The van der Waals surface area contributed by atoms with Gasteiger partial charge in [-0.1, -0.05) is 56.3 Å². The fourth-order valence-corrected chi connectivity index (χ4v) is 2.94. The first kappa shape index (κ1) is 21.5. The zero-order valence-electron chi connectivity index (χ0n) is 15.6. The average molecular weight is 402 g/mol. The molecule has 0 saturated carbocycles. The number of phenolic OH excluding ortho intramolecular Hbond substituents is 2. The van der Waals surface area contributed by atoms with Crippen molar-refractivity contribution in [1.82, 2.24) is 0 Å². The number of aromatic hydroxyl groups is 2. The van der Waals surface area contributed by atoms with Crippen molar-refractivity contribution in [3.63, 3.8) is 0 Å². The Kier molecular flexibility index (Phi) is 6.86. The van der Waals surface area contributed by atoms with Gasteiger partial charge < -0.3 is 14.7 Å². The smallest absolute Gasteiger partial charge is 0.508 e. The molecule has 0 bridgehead atoms. The van der Waals surface area contributed by atoms with Crippen molar-refractivity contribution >= 4 is 7.82 Å². The van der Waals surface area contributed by atoms with E-state index in [0.29, 0.717) is 0 Å². The van der Waals surface area contributed by atoms with E-state index in [1.807, 2.05) is 24.3 Å². The van der Waals surface area contributed by atoms with E-state index >= 15 is 0 Å². The van der Waals surface area contributed by atoms with Crippen LogP contribution in [0.4, 0.5) is 0 Å². The number of hydrogen-bond donors (Lipinski definition) is 4. The predicted octanol–water partition coefficient (Wildman–Crippen LogP) is 4.58. The van der Waals surface area contributed by atoms with E-state index in [-0.39, 0.29) is 22.7 Å². The maximum absolute atomic E-state index is 10.3. The zero-order valence-corrected chi connectivity index (χ0v) is 16.5. The summed E-state index contributed by atoms with van der Waals surface area (Å²) in [4.78, 5) is 16.7. The van der Waals surface area contributed by atoms with Crippen LogP contribution in [0.5, 0.6) is 17.2 Å². The summed E-state index contributed by atoms with van der Waals surface area (Å²) < 4.78 is 14.5. The molecule has 0 unspecified atom stereocenters. The Balaban J connectivity index is 0.000000221. The Bertz CT molecular complexity index is 868. The van der Waals surface area contributed by atoms with Crippen molar-refractivity contribution in [3.8, 4) is 17.2 Å². The third-order valence-corrected chi connectivity index (χ3v) is 4.59. The van der Waals surface area contributed by atoms with Crippen molar-refractivity contribution in [1.29, 1.82) is 0 Å². The minimum atomic E-state index is -4.39. The monoisotopic (exact) mass is 402 g/mol. The summed E-state index contributed by atoms with van der Waals surface area (Å²) in [5, 5.41) is 18.6. The van der Waals surface area contributed by atoms with Crippen molar-refractivity contribution in [3.05, 3.63) is 90.0 Å². The number of phosphoric acid groups is 1. The lowest BCUT2D eigenvalue weighted by Crippen LogP contribution is -2.18. The second-order valence-electron chi connectivity index (χ2n) is 6.61. The predicted molar refractivity (Wildman–Crippen MR) is 107 cm³/mol. The number of phosphoric ester groups is 1. The molecule has 0 atom stereocenters. The van der Waals surface area contributed by atoms with Crippen LogP contribution in [-0.2, 0) is 9.98 Å². The molecule has 0 aliphatic rings. The van der Waals surface area contributed by atoms with Crippen LogP contribution < -0.4 is 4.52 Å². The summed E-state index contributed by atoms with van der Waals surface area (Å²) in [5.41, 5.74) is 2.10. The maximum atomic E-state index is 10.3. The fourth-order valence-electron chi connectivity index (χ4n) is 2.54. The molecule has 0 radical (unpaired) electrons. The van der Waals surface area contributed by atoms with Gasteiger partial charge in [-0.15, -0.1) is 0 Å². The van der Waals surface area contributed by atoms with Gasteiger partial charge in [-0.3, -0.25) is 9.79 Å². The summed E-state index contributed by atoms with van der Waals surface area (Å²) in [5.74, 6) is 0.714. The van der Waals surface area contributed by atoms with E-state index < -0.39 is 7.82 Å². The molecule has 0 fully saturated rings. The first-order valence-electron chi connectivity index (χ1n) is 8.47. The molecule has 3 aromatic carbocycles. The molecule has 0 aliphatic heterocycles. The Labute approximate surface area is 163 Å². The van der Waals surface area contributed by atoms with Gasteiger partial charge in [0.2, 0.25) is 0 Å². The highest BCUT2D eigenvalue weighted by Gasteiger charge is 2.22.